The molecular weight excluding hydrogens is 1430 g/mol. The zero-order valence-corrected chi connectivity index (χ0v) is 62.9. The number of rotatable bonds is 25. The molecule has 0 saturated carbocycles. The summed E-state index contributed by atoms with van der Waals surface area (Å²) in [5.74, 6) is -0.597. The lowest BCUT2D eigenvalue weighted by atomic mass is 9.94. The molecule has 29 heteroatoms. The first-order valence-electron chi connectivity index (χ1n) is 38.8. The molecule has 8 aromatic rings. The highest BCUT2D eigenvalue weighted by Crippen LogP contribution is 2.35. The molecule has 2 aromatic carbocycles. The van der Waals surface area contributed by atoms with Gasteiger partial charge in [0, 0.05) is 163 Å². The number of hydrogen-bond donors (Lipinski definition) is 3. The molecule has 6 aliphatic rings. The molecular formula is C82H98F4N14O11. The fourth-order valence-corrected chi connectivity index (χ4v) is 15.4. The molecule has 6 aromatic heterocycles. The van der Waals surface area contributed by atoms with Crippen LogP contribution in [0.1, 0.15) is 102 Å². The molecule has 12 heterocycles. The Hall–Kier alpha value is -10.2. The number of aldehydes is 1. The van der Waals surface area contributed by atoms with Gasteiger partial charge in [0.1, 0.15) is 30.8 Å². The molecule has 14 rings (SSSR count). The van der Waals surface area contributed by atoms with E-state index in [1.165, 1.54) is 32.7 Å². The van der Waals surface area contributed by atoms with Gasteiger partial charge in [0.15, 0.2) is 23.1 Å². The first-order valence-corrected chi connectivity index (χ1v) is 38.8. The molecule has 0 radical (unpaired) electrons. The van der Waals surface area contributed by atoms with Crippen molar-refractivity contribution in [2.75, 3.05) is 85.1 Å². The third kappa shape index (κ3) is 20.5. The third-order valence-electron chi connectivity index (χ3n) is 21.8. The maximum Gasteiger partial charge on any atom is 0.324 e. The van der Waals surface area contributed by atoms with Gasteiger partial charge in [0.25, 0.3) is 22.2 Å². The van der Waals surface area contributed by atoms with Crippen LogP contribution in [-0.4, -0.2) is 193 Å². The molecule has 6 aliphatic heterocycles. The largest absolute Gasteiger partial charge is 0.484 e. The monoisotopic (exact) mass is 1530 g/mol. The molecule has 590 valence electrons. The van der Waals surface area contributed by atoms with Crippen LogP contribution in [0.3, 0.4) is 0 Å². The minimum atomic E-state index is -1.26. The van der Waals surface area contributed by atoms with Crippen molar-refractivity contribution in [3.05, 3.63) is 187 Å². The average molecular weight is 1530 g/mol. The number of hydrogen-bond acceptors (Lipinski definition) is 17. The fourth-order valence-electron chi connectivity index (χ4n) is 15.4. The average Bonchev–Trinajstić information content (AvgIpc) is 0.774. The quantitative estimate of drug-likeness (QED) is 0.0355. The summed E-state index contributed by atoms with van der Waals surface area (Å²) in [6.07, 6.45) is 19.3. The number of urea groups is 2. The SMILES string of the molecule is CCCCn1cc(-c2ccc(O[C@@H]3CCN(CC4CCN(CCn5cccc(CN6CCC(=O)NC6=O)c5=O)CC4)C[C@H]3F)c(F)c2)c2ccncc2c1=O.CCCCn1cc(-c2ccc(O[C@@H]3CCN(CC4CCNCC4)C[C@H]3F)c(F)c2)c2ccncc2c1=O.O=CCn1cccc(CN2CCC(=O)NC2=O)c1=O. The van der Waals surface area contributed by atoms with Gasteiger partial charge in [-0.05, 0) is 160 Å². The van der Waals surface area contributed by atoms with Crippen LogP contribution in [0.2, 0.25) is 0 Å². The van der Waals surface area contributed by atoms with Crippen molar-refractivity contribution in [3.8, 4) is 33.8 Å². The number of unbranched alkanes of at least 4 members (excludes halogenated alkanes) is 2. The second-order valence-electron chi connectivity index (χ2n) is 29.6. The summed E-state index contributed by atoms with van der Waals surface area (Å²) in [4.78, 5) is 126. The number of fused-ring (bicyclic) bond motifs is 2. The van der Waals surface area contributed by atoms with Crippen molar-refractivity contribution in [1.82, 2.24) is 68.7 Å². The number of carbonyl (C=O) groups is 5. The van der Waals surface area contributed by atoms with Crippen LogP contribution >= 0.6 is 0 Å². The predicted octanol–water partition coefficient (Wildman–Crippen LogP) is 9.09. The topological polar surface area (TPSA) is 270 Å². The zero-order valence-electron chi connectivity index (χ0n) is 62.9. The van der Waals surface area contributed by atoms with Crippen molar-refractivity contribution in [2.45, 2.75) is 155 Å². The van der Waals surface area contributed by atoms with Crippen LogP contribution in [-0.2, 0) is 53.7 Å². The Bertz CT molecular complexity index is 4870. The summed E-state index contributed by atoms with van der Waals surface area (Å²) in [5.41, 5.74) is 2.99. The van der Waals surface area contributed by atoms with Crippen LogP contribution in [0, 0.1) is 23.5 Å². The number of ether oxygens (including phenoxy) is 2. The van der Waals surface area contributed by atoms with Gasteiger partial charge in [-0.2, -0.15) is 0 Å². The van der Waals surface area contributed by atoms with Crippen LogP contribution in [0.25, 0.3) is 43.8 Å². The molecule has 111 heavy (non-hydrogen) atoms. The number of halogens is 4. The van der Waals surface area contributed by atoms with Gasteiger partial charge in [-0.3, -0.25) is 59.2 Å². The third-order valence-corrected chi connectivity index (χ3v) is 21.8. The van der Waals surface area contributed by atoms with Gasteiger partial charge in [-0.15, -0.1) is 0 Å². The normalized spacial score (nSPS) is 19.8. The highest BCUT2D eigenvalue weighted by atomic mass is 19.1. The standard InChI is InChI=1S/C41H49F2N7O5.C29H36F2N4O2.C12H13N3O4/c1-2-3-14-49-26-33(31-8-13-44-23-32(31)40(49)53)29-6-7-36(34(42)22-29)55-37-11-18-47(27-35(37)43)24-28-9-16-46(17-10-28)20-21-48-15-4-5-30(39(48)52)25-50-19-12-38(51)45-41(50)54;1-2-3-13-35-18-24(22-8-12-33-16-23(22)29(35)36)21-4-5-27(25(30)15-21)37-28-9-14-34(19-26(28)31)17-20-6-10-32-11-7-20;16-7-6-14-4-1-2-9(11(14)18)8-15-5-3-10(17)13-12(15)19/h4-8,13,15,22-23,26,28,35,37H,2-3,9-12,14,16-21,24-25,27H2,1H3,(H,45,51,54);4-5,8,12,15-16,18,20,26,28,32H,2-3,6-7,9-11,13-14,17,19H2,1H3;1-2,4,7H,3,5-6,8H2,(H,13,17,19)/t35-,37-;26-,28-;/m11./s1. The van der Waals surface area contributed by atoms with E-state index in [9.17, 15) is 43.2 Å². The molecule has 6 amide bonds. The maximum atomic E-state index is 15.5. The summed E-state index contributed by atoms with van der Waals surface area (Å²) in [6, 6.07) is 18.8. The Morgan fingerprint density at radius 3 is 1.41 bits per heavy atom. The Morgan fingerprint density at radius 2 is 0.964 bits per heavy atom. The number of piperidine rings is 4. The lowest BCUT2D eigenvalue weighted by molar-refractivity contribution is -0.122. The minimum Gasteiger partial charge on any atom is -0.484 e. The van der Waals surface area contributed by atoms with Gasteiger partial charge in [-0.1, -0.05) is 51.0 Å². The van der Waals surface area contributed by atoms with Crippen LogP contribution in [0.15, 0.2) is 142 Å². The number of aryl methyl sites for hydroxylation is 2. The van der Waals surface area contributed by atoms with Crippen molar-refractivity contribution in [2.24, 2.45) is 11.8 Å². The van der Waals surface area contributed by atoms with Gasteiger partial charge in [0.05, 0.1) is 30.4 Å². The van der Waals surface area contributed by atoms with Crippen molar-refractivity contribution in [3.63, 3.8) is 0 Å². The molecule has 0 bridgehead atoms. The lowest BCUT2D eigenvalue weighted by Crippen LogP contribution is -2.49. The van der Waals surface area contributed by atoms with E-state index >= 15 is 17.6 Å². The minimum absolute atomic E-state index is 0.0165. The van der Waals surface area contributed by atoms with E-state index in [1.54, 1.807) is 112 Å². The van der Waals surface area contributed by atoms with Crippen molar-refractivity contribution < 1.29 is 51.0 Å². The summed E-state index contributed by atoms with van der Waals surface area (Å²) in [7, 11) is 0. The number of alkyl halides is 2. The molecule has 6 saturated heterocycles. The molecule has 0 unspecified atom stereocenters. The smallest absolute Gasteiger partial charge is 0.324 e. The van der Waals surface area contributed by atoms with Gasteiger partial charge in [0.2, 0.25) is 11.8 Å². The molecule has 4 atom stereocenters. The van der Waals surface area contributed by atoms with Gasteiger partial charge in [-0.25, -0.2) is 27.2 Å². The zero-order chi connectivity index (χ0) is 78.1. The van der Waals surface area contributed by atoms with Crippen molar-refractivity contribution in [1.29, 1.82) is 0 Å². The second-order valence-corrected chi connectivity index (χ2v) is 29.6. The first kappa shape index (κ1) is 80.3. The molecule has 0 spiro atoms. The maximum absolute atomic E-state index is 15.5. The number of amides is 6. The number of benzene rings is 2. The number of pyridine rings is 6. The first-order chi connectivity index (χ1) is 53.8. The molecule has 6 fully saturated rings. The Labute approximate surface area is 640 Å². The van der Waals surface area contributed by atoms with Crippen molar-refractivity contribution >= 4 is 51.7 Å². The van der Waals surface area contributed by atoms with Crippen LogP contribution in [0.5, 0.6) is 11.5 Å². The lowest BCUT2D eigenvalue weighted by Gasteiger charge is -2.39. The fraction of sp³-hybridized carbons (Fsp3) is 0.476. The number of carbonyl (C=O) groups excluding carboxylic acids is 5. The number of aromatic nitrogens is 6. The highest BCUT2D eigenvalue weighted by Gasteiger charge is 2.36. The summed E-state index contributed by atoms with van der Waals surface area (Å²) in [6.45, 7) is 14.9. The van der Waals surface area contributed by atoms with Gasteiger partial charge >= 0.3 is 12.1 Å². The summed E-state index contributed by atoms with van der Waals surface area (Å²) < 4.78 is 79.4. The molecule has 0 aliphatic carbocycles. The Balaban J connectivity index is 0.000000175. The Kier molecular flexibility index (Phi) is 27.6. The van der Waals surface area contributed by atoms with Crippen LogP contribution in [0.4, 0.5) is 27.2 Å². The second kappa shape index (κ2) is 38.1. The van der Waals surface area contributed by atoms with E-state index in [0.29, 0.717) is 109 Å². The van der Waals surface area contributed by atoms with E-state index in [1.807, 2.05) is 6.07 Å². The summed E-state index contributed by atoms with van der Waals surface area (Å²) >= 11 is 0. The van der Waals surface area contributed by atoms with Gasteiger partial charge < -0.3 is 52.6 Å². The number of nitrogens with one attached hydrogen (secondary N) is 3. The highest BCUT2D eigenvalue weighted by molar-refractivity contribution is 5.98. The number of imide groups is 2. The van der Waals surface area contributed by atoms with E-state index in [2.05, 4.69) is 54.5 Å². The number of likely N-dealkylation sites (tertiary alicyclic amines) is 3. The summed E-state index contributed by atoms with van der Waals surface area (Å²) in [5, 5.41) is 10.3. The van der Waals surface area contributed by atoms with E-state index in [-0.39, 0.29) is 91.1 Å². The van der Waals surface area contributed by atoms with E-state index < -0.39 is 48.2 Å². The van der Waals surface area contributed by atoms with E-state index in [0.717, 1.165) is 120 Å². The predicted molar refractivity (Wildman–Crippen MR) is 413 cm³/mol. The molecule has 25 nitrogen and oxygen atoms in total. The molecule has 3 N–H and O–H groups in total. The van der Waals surface area contributed by atoms with E-state index in [4.69, 9.17) is 9.47 Å². The Morgan fingerprint density at radius 1 is 0.505 bits per heavy atom. The number of nitrogens with zero attached hydrogens (tertiary/aromatic N) is 11. The van der Waals surface area contributed by atoms with Crippen LogP contribution < -0.4 is 47.7 Å².